The van der Waals surface area contributed by atoms with Gasteiger partial charge in [0.05, 0.1) is 41.3 Å². The van der Waals surface area contributed by atoms with Crippen molar-refractivity contribution in [2.75, 3.05) is 19.8 Å². The highest BCUT2D eigenvalue weighted by Crippen LogP contribution is 2.36. The number of hydrogen-bond donors (Lipinski definition) is 0. The normalized spacial score (nSPS) is 15.4. The van der Waals surface area contributed by atoms with Gasteiger partial charge in [0.25, 0.3) is 5.56 Å². The van der Waals surface area contributed by atoms with Crippen molar-refractivity contribution >= 4 is 23.4 Å². The minimum Gasteiger partial charge on any atom is -0.490 e. The lowest BCUT2D eigenvalue weighted by Crippen LogP contribution is -2.40. The van der Waals surface area contributed by atoms with Gasteiger partial charge in [0.15, 0.2) is 16.3 Å². The number of esters is 1. The molecule has 3 heterocycles. The molecule has 0 unspecified atom stereocenters. The molecule has 3 aromatic rings. The minimum atomic E-state index is -0.753. The first kappa shape index (κ1) is 24.3. The van der Waals surface area contributed by atoms with E-state index in [0.29, 0.717) is 56.6 Å². The van der Waals surface area contributed by atoms with E-state index >= 15 is 0 Å². The largest absolute Gasteiger partial charge is 0.490 e. The van der Waals surface area contributed by atoms with E-state index in [1.54, 1.807) is 56.5 Å². The molecule has 2 aromatic heterocycles. The predicted molar refractivity (Wildman–Crippen MR) is 132 cm³/mol. The van der Waals surface area contributed by atoms with E-state index in [1.807, 2.05) is 13.0 Å². The van der Waals surface area contributed by atoms with E-state index < -0.39 is 12.0 Å². The Morgan fingerprint density at radius 2 is 2.06 bits per heavy atom. The number of hydrogen-bond acceptors (Lipinski definition) is 8. The summed E-state index contributed by atoms with van der Waals surface area (Å²) in [6, 6.07) is 8.13. The molecule has 0 spiro atoms. The van der Waals surface area contributed by atoms with E-state index in [4.69, 9.17) is 18.6 Å². The van der Waals surface area contributed by atoms with Gasteiger partial charge in [0, 0.05) is 6.08 Å². The zero-order valence-corrected chi connectivity index (χ0v) is 20.6. The molecule has 1 aliphatic rings. The lowest BCUT2D eigenvalue weighted by molar-refractivity contribution is -0.139. The number of ether oxygens (including phenoxy) is 3. The summed E-state index contributed by atoms with van der Waals surface area (Å²) in [6.45, 7) is 9.96. The van der Waals surface area contributed by atoms with Crippen LogP contribution in [0.2, 0.25) is 0 Å². The standard InChI is InChI=1S/C26H26N2O6S/c1-5-12-34-19-11-10-17(14-20(19)31-6-2)23-22(25(30)32-7-3)16(4)27-26-28(23)24(29)21(35-26)15-18-9-8-13-33-18/h5,8-11,13-15,23H,1,6-7,12H2,2-4H3/t23-/m1/s1. The fourth-order valence-corrected chi connectivity index (χ4v) is 4.87. The highest BCUT2D eigenvalue weighted by atomic mass is 32.1. The Kier molecular flexibility index (Phi) is 7.36. The summed E-state index contributed by atoms with van der Waals surface area (Å²) in [6.07, 6.45) is 4.85. The molecule has 0 radical (unpaired) electrons. The maximum atomic E-state index is 13.6. The zero-order valence-electron chi connectivity index (χ0n) is 19.8. The SMILES string of the molecule is C=CCOc1ccc([C@@H]2C(C(=O)OCC)=C(C)N=c3sc(=Cc4ccco4)c(=O)n32)cc1OCC. The summed E-state index contributed by atoms with van der Waals surface area (Å²) < 4.78 is 24.2. The third-order valence-electron chi connectivity index (χ3n) is 5.27. The van der Waals surface area contributed by atoms with Crippen molar-refractivity contribution in [3.8, 4) is 11.5 Å². The smallest absolute Gasteiger partial charge is 0.338 e. The molecule has 0 N–H and O–H groups in total. The van der Waals surface area contributed by atoms with Gasteiger partial charge in [-0.15, -0.1) is 0 Å². The Hall–Kier alpha value is -3.85. The molecule has 1 aromatic carbocycles. The molecule has 182 valence electrons. The van der Waals surface area contributed by atoms with Gasteiger partial charge in [-0.05, 0) is 50.6 Å². The van der Waals surface area contributed by atoms with Crippen LogP contribution in [0.4, 0.5) is 0 Å². The second-order valence-electron chi connectivity index (χ2n) is 7.56. The van der Waals surface area contributed by atoms with E-state index in [-0.39, 0.29) is 12.2 Å². The second-order valence-corrected chi connectivity index (χ2v) is 8.57. The van der Waals surface area contributed by atoms with Crippen LogP contribution in [0.25, 0.3) is 6.08 Å². The van der Waals surface area contributed by atoms with Gasteiger partial charge < -0.3 is 18.6 Å². The fraction of sp³-hybridized carbons (Fsp3) is 0.269. The van der Waals surface area contributed by atoms with Crippen molar-refractivity contribution in [3.63, 3.8) is 0 Å². The van der Waals surface area contributed by atoms with Crippen molar-refractivity contribution < 1.29 is 23.4 Å². The average molecular weight is 495 g/mol. The van der Waals surface area contributed by atoms with Crippen LogP contribution in [-0.2, 0) is 9.53 Å². The molecule has 35 heavy (non-hydrogen) atoms. The van der Waals surface area contributed by atoms with Crippen LogP contribution in [0.15, 0.2) is 74.7 Å². The zero-order chi connectivity index (χ0) is 24.9. The topological polar surface area (TPSA) is 92.3 Å². The van der Waals surface area contributed by atoms with Crippen molar-refractivity contribution in [1.82, 2.24) is 4.57 Å². The summed E-state index contributed by atoms with van der Waals surface area (Å²) in [4.78, 5) is 31.7. The molecule has 0 bridgehead atoms. The van der Waals surface area contributed by atoms with E-state index in [0.717, 1.165) is 0 Å². The van der Waals surface area contributed by atoms with Crippen LogP contribution in [0.5, 0.6) is 11.5 Å². The van der Waals surface area contributed by atoms with E-state index in [9.17, 15) is 9.59 Å². The van der Waals surface area contributed by atoms with Crippen molar-refractivity contribution in [1.29, 1.82) is 0 Å². The van der Waals surface area contributed by atoms with Crippen LogP contribution in [0.3, 0.4) is 0 Å². The van der Waals surface area contributed by atoms with Crippen LogP contribution in [0, 0.1) is 0 Å². The van der Waals surface area contributed by atoms with Crippen LogP contribution in [-0.4, -0.2) is 30.4 Å². The number of aromatic nitrogens is 1. The summed E-state index contributed by atoms with van der Waals surface area (Å²) in [7, 11) is 0. The Bertz CT molecular complexity index is 1450. The molecule has 0 aliphatic carbocycles. The third kappa shape index (κ3) is 4.85. The van der Waals surface area contributed by atoms with E-state index in [2.05, 4.69) is 11.6 Å². The van der Waals surface area contributed by atoms with Crippen LogP contribution in [0.1, 0.15) is 38.1 Å². The molecule has 0 amide bonds. The predicted octanol–water partition coefficient (Wildman–Crippen LogP) is 3.35. The monoisotopic (exact) mass is 494 g/mol. The number of carbonyl (C=O) groups excluding carboxylic acids is 1. The molecular weight excluding hydrogens is 468 g/mol. The fourth-order valence-electron chi connectivity index (χ4n) is 3.84. The number of carbonyl (C=O) groups is 1. The minimum absolute atomic E-state index is 0.198. The average Bonchev–Trinajstić information content (AvgIpc) is 3.45. The van der Waals surface area contributed by atoms with Crippen LogP contribution >= 0.6 is 11.3 Å². The molecule has 1 atom stereocenters. The van der Waals surface area contributed by atoms with Crippen molar-refractivity contribution in [2.24, 2.45) is 4.99 Å². The molecular formula is C26H26N2O6S. The molecule has 4 rings (SSSR count). The molecule has 1 aliphatic heterocycles. The molecule has 0 saturated carbocycles. The molecule has 0 saturated heterocycles. The maximum absolute atomic E-state index is 13.6. The number of nitrogens with zero attached hydrogens (tertiary/aromatic N) is 2. The van der Waals surface area contributed by atoms with Crippen molar-refractivity contribution in [2.45, 2.75) is 26.8 Å². The first-order valence-corrected chi connectivity index (χ1v) is 12.0. The Morgan fingerprint density at radius 3 is 2.74 bits per heavy atom. The number of allylic oxidation sites excluding steroid dienone is 1. The van der Waals surface area contributed by atoms with Gasteiger partial charge >= 0.3 is 5.97 Å². The number of thiazole rings is 1. The Morgan fingerprint density at radius 1 is 1.23 bits per heavy atom. The Labute approximate surface area is 206 Å². The van der Waals surface area contributed by atoms with Gasteiger partial charge in [0.1, 0.15) is 12.4 Å². The molecule has 9 heteroatoms. The quantitative estimate of drug-likeness (QED) is 0.335. The van der Waals surface area contributed by atoms with Gasteiger partial charge in [-0.25, -0.2) is 9.79 Å². The lowest BCUT2D eigenvalue weighted by atomic mass is 9.95. The number of benzene rings is 1. The molecule has 0 fully saturated rings. The first-order chi connectivity index (χ1) is 17.0. The van der Waals surface area contributed by atoms with Gasteiger partial charge in [-0.3, -0.25) is 9.36 Å². The second kappa shape index (κ2) is 10.6. The summed E-state index contributed by atoms with van der Waals surface area (Å²) >= 11 is 1.23. The number of furan rings is 1. The number of rotatable bonds is 9. The van der Waals surface area contributed by atoms with Crippen molar-refractivity contribution in [3.05, 3.63) is 91.5 Å². The van der Waals surface area contributed by atoms with Gasteiger partial charge in [-0.1, -0.05) is 30.1 Å². The first-order valence-electron chi connectivity index (χ1n) is 11.2. The highest BCUT2D eigenvalue weighted by Gasteiger charge is 2.34. The molecule has 8 nitrogen and oxygen atoms in total. The maximum Gasteiger partial charge on any atom is 0.338 e. The summed E-state index contributed by atoms with van der Waals surface area (Å²) in [5.41, 5.74) is 1.17. The lowest BCUT2D eigenvalue weighted by Gasteiger charge is -2.25. The van der Waals surface area contributed by atoms with Crippen LogP contribution < -0.4 is 24.4 Å². The number of fused-ring (bicyclic) bond motifs is 1. The van der Waals surface area contributed by atoms with Gasteiger partial charge in [-0.2, -0.15) is 0 Å². The summed E-state index contributed by atoms with van der Waals surface area (Å²) in [5.74, 6) is 1.07. The van der Waals surface area contributed by atoms with Gasteiger partial charge in [0.2, 0.25) is 0 Å². The highest BCUT2D eigenvalue weighted by molar-refractivity contribution is 7.07. The Balaban J connectivity index is 1.93. The summed E-state index contributed by atoms with van der Waals surface area (Å²) in [5, 5.41) is 0. The van der Waals surface area contributed by atoms with E-state index in [1.165, 1.54) is 15.9 Å². The third-order valence-corrected chi connectivity index (χ3v) is 6.26.